The second kappa shape index (κ2) is 11.8. The number of amides is 2. The van der Waals surface area contributed by atoms with Crippen LogP contribution in [0.4, 0.5) is 4.79 Å². The van der Waals surface area contributed by atoms with E-state index in [9.17, 15) is 4.79 Å². The third-order valence-electron chi connectivity index (χ3n) is 5.24. The van der Waals surface area contributed by atoms with Crippen LogP contribution in [0.3, 0.4) is 0 Å². The molecule has 1 saturated heterocycles. The van der Waals surface area contributed by atoms with E-state index in [-0.39, 0.29) is 6.03 Å². The third-order valence-corrected chi connectivity index (χ3v) is 6.11. The molecule has 0 unspecified atom stereocenters. The minimum atomic E-state index is -0.130. The maximum atomic E-state index is 12.2. The molecule has 0 spiro atoms. The molecule has 29 heavy (non-hydrogen) atoms. The van der Waals surface area contributed by atoms with E-state index in [1.165, 1.54) is 4.88 Å². The van der Waals surface area contributed by atoms with Crippen molar-refractivity contribution in [3.8, 4) is 5.88 Å². The Morgan fingerprint density at radius 1 is 1.28 bits per heavy atom. The fraction of sp³-hybridized carbons (Fsp3) is 0.545. The molecule has 7 heteroatoms. The first kappa shape index (κ1) is 21.6. The molecule has 158 valence electrons. The van der Waals surface area contributed by atoms with Crippen LogP contribution in [0, 0.1) is 5.92 Å². The van der Waals surface area contributed by atoms with Gasteiger partial charge in [0.25, 0.3) is 0 Å². The molecule has 0 bridgehead atoms. The largest absolute Gasteiger partial charge is 0.477 e. The average Bonchev–Trinajstić information content (AvgIpc) is 3.26. The van der Waals surface area contributed by atoms with E-state index in [1.807, 2.05) is 23.5 Å². The van der Waals surface area contributed by atoms with Crippen LogP contribution in [0.5, 0.6) is 5.88 Å². The van der Waals surface area contributed by atoms with Crippen LogP contribution in [0.1, 0.15) is 43.0 Å². The quantitative estimate of drug-likeness (QED) is 0.574. The molecule has 2 aromatic rings. The topological polar surface area (TPSA) is 66.5 Å². The second-order valence-electron chi connectivity index (χ2n) is 7.53. The Labute approximate surface area is 177 Å². The van der Waals surface area contributed by atoms with Crippen LogP contribution < -0.4 is 15.4 Å². The lowest BCUT2D eigenvalue weighted by molar-refractivity contribution is 0.176. The van der Waals surface area contributed by atoms with Crippen LogP contribution in [0.15, 0.2) is 35.8 Å². The highest BCUT2D eigenvalue weighted by molar-refractivity contribution is 7.09. The molecule has 0 atom stereocenters. The minimum Gasteiger partial charge on any atom is -0.477 e. The Balaban J connectivity index is 1.33. The predicted octanol–water partition coefficient (Wildman–Crippen LogP) is 4.03. The van der Waals surface area contributed by atoms with E-state index in [2.05, 4.69) is 45.0 Å². The molecule has 3 rings (SSSR count). The molecule has 1 aliphatic heterocycles. The molecule has 1 fully saturated rings. The lowest BCUT2D eigenvalue weighted by Gasteiger charge is -2.31. The zero-order chi connectivity index (χ0) is 20.3. The van der Waals surface area contributed by atoms with Gasteiger partial charge in [-0.25, -0.2) is 9.78 Å². The monoisotopic (exact) mass is 416 g/mol. The number of hydrogen-bond acceptors (Lipinski definition) is 5. The third kappa shape index (κ3) is 7.33. The summed E-state index contributed by atoms with van der Waals surface area (Å²) in [6.07, 6.45) is 6.05. The number of carbonyl (C=O) groups excluding carboxylic acids is 1. The summed E-state index contributed by atoms with van der Waals surface area (Å²) in [5, 5.41) is 8.09. The number of aromatic nitrogens is 1. The SMILES string of the molecule is CCCCOc1ncccc1CNC(=O)NCC1CCN(Cc2cccs2)CC1. The lowest BCUT2D eigenvalue weighted by atomic mass is 9.97. The Morgan fingerprint density at radius 3 is 2.90 bits per heavy atom. The van der Waals surface area contributed by atoms with E-state index in [0.29, 0.717) is 24.9 Å². The summed E-state index contributed by atoms with van der Waals surface area (Å²) in [6, 6.07) is 7.99. The molecule has 2 amide bonds. The van der Waals surface area contributed by atoms with Gasteiger partial charge in [0.2, 0.25) is 5.88 Å². The highest BCUT2D eigenvalue weighted by Crippen LogP contribution is 2.20. The molecular formula is C22H32N4O2S. The molecule has 1 aliphatic rings. The number of urea groups is 1. The van der Waals surface area contributed by atoms with Gasteiger partial charge in [-0.15, -0.1) is 11.3 Å². The number of hydrogen-bond donors (Lipinski definition) is 2. The maximum Gasteiger partial charge on any atom is 0.315 e. The molecule has 2 aromatic heterocycles. The van der Waals surface area contributed by atoms with Crippen LogP contribution in [-0.2, 0) is 13.1 Å². The molecule has 0 aromatic carbocycles. The van der Waals surface area contributed by atoms with Gasteiger partial charge in [0.15, 0.2) is 0 Å². The average molecular weight is 417 g/mol. The number of piperidine rings is 1. The molecule has 2 N–H and O–H groups in total. The molecule has 0 radical (unpaired) electrons. The maximum absolute atomic E-state index is 12.2. The highest BCUT2D eigenvalue weighted by atomic mass is 32.1. The summed E-state index contributed by atoms with van der Waals surface area (Å²) in [4.78, 5) is 20.4. The smallest absolute Gasteiger partial charge is 0.315 e. The van der Waals surface area contributed by atoms with Crippen molar-refractivity contribution in [1.29, 1.82) is 0 Å². The van der Waals surface area contributed by atoms with Crippen molar-refractivity contribution in [3.05, 3.63) is 46.3 Å². The predicted molar refractivity (Wildman–Crippen MR) is 117 cm³/mol. The Hall–Kier alpha value is -2.12. The van der Waals surface area contributed by atoms with Gasteiger partial charge < -0.3 is 15.4 Å². The molecule has 0 saturated carbocycles. The first-order valence-electron chi connectivity index (χ1n) is 10.6. The standard InChI is InChI=1S/C22H32N4O2S/c1-2-3-13-28-21-19(6-4-10-23-21)16-25-22(27)24-15-18-8-11-26(12-9-18)17-20-7-5-14-29-20/h4-7,10,14,18H,2-3,8-9,11-13,15-17H2,1H3,(H2,24,25,27). The van der Waals surface area contributed by atoms with Crippen LogP contribution in [-0.4, -0.2) is 42.2 Å². The van der Waals surface area contributed by atoms with Gasteiger partial charge in [-0.2, -0.15) is 0 Å². The zero-order valence-electron chi connectivity index (χ0n) is 17.2. The van der Waals surface area contributed by atoms with E-state index < -0.39 is 0 Å². The lowest BCUT2D eigenvalue weighted by Crippen LogP contribution is -2.41. The first-order chi connectivity index (χ1) is 14.2. The van der Waals surface area contributed by atoms with Crippen molar-refractivity contribution in [1.82, 2.24) is 20.5 Å². The molecule has 3 heterocycles. The number of nitrogens with zero attached hydrogens (tertiary/aromatic N) is 2. The van der Waals surface area contributed by atoms with E-state index in [1.54, 1.807) is 6.20 Å². The fourth-order valence-electron chi connectivity index (χ4n) is 3.45. The van der Waals surface area contributed by atoms with Gasteiger partial charge in [0.1, 0.15) is 0 Å². The van der Waals surface area contributed by atoms with E-state index in [4.69, 9.17) is 4.74 Å². The van der Waals surface area contributed by atoms with Gasteiger partial charge in [-0.3, -0.25) is 4.90 Å². The number of likely N-dealkylation sites (tertiary alicyclic amines) is 1. The van der Waals surface area contributed by atoms with Gasteiger partial charge in [-0.05, 0) is 55.8 Å². The molecule has 6 nitrogen and oxygen atoms in total. The summed E-state index contributed by atoms with van der Waals surface area (Å²) < 4.78 is 5.73. The Kier molecular flexibility index (Phi) is 8.77. The second-order valence-corrected chi connectivity index (χ2v) is 8.56. The fourth-order valence-corrected chi connectivity index (χ4v) is 4.19. The summed E-state index contributed by atoms with van der Waals surface area (Å²) in [6.45, 7) is 7.16. The normalized spacial score (nSPS) is 15.2. The zero-order valence-corrected chi connectivity index (χ0v) is 18.0. The summed E-state index contributed by atoms with van der Waals surface area (Å²) in [5.74, 6) is 1.16. The number of pyridine rings is 1. The van der Waals surface area contributed by atoms with Crippen LogP contribution in [0.25, 0.3) is 0 Å². The number of ether oxygens (including phenoxy) is 1. The van der Waals surface area contributed by atoms with E-state index in [0.717, 1.165) is 57.4 Å². The highest BCUT2D eigenvalue weighted by Gasteiger charge is 2.20. The summed E-state index contributed by atoms with van der Waals surface area (Å²) >= 11 is 1.82. The Morgan fingerprint density at radius 2 is 2.14 bits per heavy atom. The molecular weight excluding hydrogens is 384 g/mol. The van der Waals surface area contributed by atoms with Gasteiger partial charge >= 0.3 is 6.03 Å². The van der Waals surface area contributed by atoms with Crippen molar-refractivity contribution in [2.45, 2.75) is 45.7 Å². The van der Waals surface area contributed by atoms with E-state index >= 15 is 0 Å². The van der Waals surface area contributed by atoms with Crippen molar-refractivity contribution >= 4 is 17.4 Å². The van der Waals surface area contributed by atoms with Gasteiger partial charge in [0, 0.05) is 36.3 Å². The van der Waals surface area contributed by atoms with Gasteiger partial charge in [-0.1, -0.05) is 25.5 Å². The van der Waals surface area contributed by atoms with Crippen molar-refractivity contribution in [2.75, 3.05) is 26.2 Å². The van der Waals surface area contributed by atoms with Crippen molar-refractivity contribution in [2.24, 2.45) is 5.92 Å². The summed E-state index contributed by atoms with van der Waals surface area (Å²) in [7, 11) is 0. The number of nitrogens with one attached hydrogen (secondary N) is 2. The number of carbonyl (C=O) groups is 1. The summed E-state index contributed by atoms with van der Waals surface area (Å²) in [5.41, 5.74) is 0.903. The number of rotatable bonds is 10. The first-order valence-corrected chi connectivity index (χ1v) is 11.5. The van der Waals surface area contributed by atoms with Crippen molar-refractivity contribution in [3.63, 3.8) is 0 Å². The van der Waals surface area contributed by atoms with Crippen LogP contribution >= 0.6 is 11.3 Å². The van der Waals surface area contributed by atoms with Crippen molar-refractivity contribution < 1.29 is 9.53 Å². The Bertz CT molecular complexity index is 730. The molecule has 0 aliphatic carbocycles. The minimum absolute atomic E-state index is 0.130. The van der Waals surface area contributed by atoms with Crippen LogP contribution in [0.2, 0.25) is 0 Å². The number of unbranched alkanes of at least 4 members (excludes halogenated alkanes) is 1. The van der Waals surface area contributed by atoms with Gasteiger partial charge in [0.05, 0.1) is 6.61 Å². The number of thiophene rings is 1.